The molecule has 2 aromatic rings. The van der Waals surface area contributed by atoms with Crippen molar-refractivity contribution in [1.82, 2.24) is 5.16 Å². The second kappa shape index (κ2) is 6.63. The molecule has 0 amide bonds. The zero-order valence-corrected chi connectivity index (χ0v) is 12.1. The summed E-state index contributed by atoms with van der Waals surface area (Å²) >= 11 is 11.7. The van der Waals surface area contributed by atoms with Gasteiger partial charge in [0.2, 0.25) is 0 Å². The van der Waals surface area contributed by atoms with Crippen LogP contribution in [0.2, 0.25) is 10.0 Å². The molecule has 0 saturated carbocycles. The van der Waals surface area contributed by atoms with Gasteiger partial charge < -0.3 is 14.0 Å². The average molecular weight is 316 g/mol. The number of ether oxygens (including phenoxy) is 2. The first-order chi connectivity index (χ1) is 9.60. The van der Waals surface area contributed by atoms with Gasteiger partial charge in [0.05, 0.1) is 16.7 Å². The minimum atomic E-state index is -0.531. The van der Waals surface area contributed by atoms with Crippen molar-refractivity contribution in [3.8, 4) is 5.75 Å². The SMILES string of the molecule is CCOC(=O)c1cc(COc2ccc(Cl)c(Cl)c2)on1. The summed E-state index contributed by atoms with van der Waals surface area (Å²) < 4.78 is 15.2. The van der Waals surface area contributed by atoms with E-state index < -0.39 is 5.97 Å². The van der Waals surface area contributed by atoms with Crippen LogP contribution in [0.4, 0.5) is 0 Å². The smallest absolute Gasteiger partial charge is 0.360 e. The second-order valence-electron chi connectivity index (χ2n) is 3.76. The fourth-order valence-electron chi connectivity index (χ4n) is 1.40. The summed E-state index contributed by atoms with van der Waals surface area (Å²) in [7, 11) is 0. The normalized spacial score (nSPS) is 10.3. The van der Waals surface area contributed by atoms with Crippen molar-refractivity contribution in [3.63, 3.8) is 0 Å². The Morgan fingerprint density at radius 1 is 1.30 bits per heavy atom. The third kappa shape index (κ3) is 3.65. The third-order valence-corrected chi connectivity index (χ3v) is 3.05. The second-order valence-corrected chi connectivity index (χ2v) is 4.58. The fraction of sp³-hybridized carbons (Fsp3) is 0.231. The molecule has 0 N–H and O–H groups in total. The van der Waals surface area contributed by atoms with Crippen molar-refractivity contribution in [2.24, 2.45) is 0 Å². The largest absolute Gasteiger partial charge is 0.485 e. The van der Waals surface area contributed by atoms with E-state index in [1.54, 1.807) is 25.1 Å². The Hall–Kier alpha value is -1.72. The highest BCUT2D eigenvalue weighted by Crippen LogP contribution is 2.26. The van der Waals surface area contributed by atoms with Crippen LogP contribution in [0.5, 0.6) is 5.75 Å². The summed E-state index contributed by atoms with van der Waals surface area (Å²) in [6, 6.07) is 6.36. The number of halogens is 2. The Balaban J connectivity index is 1.97. The van der Waals surface area contributed by atoms with Gasteiger partial charge in [0.15, 0.2) is 11.5 Å². The molecule has 7 heteroatoms. The number of carbonyl (C=O) groups excluding carboxylic acids is 1. The highest BCUT2D eigenvalue weighted by atomic mass is 35.5. The van der Waals surface area contributed by atoms with Crippen LogP contribution in [0, 0.1) is 0 Å². The lowest BCUT2D eigenvalue weighted by molar-refractivity contribution is 0.0514. The van der Waals surface area contributed by atoms with Crippen LogP contribution in [-0.2, 0) is 11.3 Å². The molecular formula is C13H11Cl2NO4. The van der Waals surface area contributed by atoms with Gasteiger partial charge in [-0.15, -0.1) is 0 Å². The van der Waals surface area contributed by atoms with E-state index in [9.17, 15) is 4.79 Å². The monoisotopic (exact) mass is 315 g/mol. The maximum Gasteiger partial charge on any atom is 0.360 e. The van der Waals surface area contributed by atoms with Crippen LogP contribution in [-0.4, -0.2) is 17.7 Å². The van der Waals surface area contributed by atoms with E-state index in [0.717, 1.165) is 0 Å². The number of esters is 1. The summed E-state index contributed by atoms with van der Waals surface area (Å²) in [5.74, 6) is 0.407. The standard InChI is InChI=1S/C13H11Cl2NO4/c1-2-18-13(17)12-6-9(20-16-12)7-19-8-3-4-10(14)11(15)5-8/h3-6H,2,7H2,1H3. The molecule has 1 heterocycles. The topological polar surface area (TPSA) is 61.6 Å². The summed E-state index contributed by atoms with van der Waals surface area (Å²) in [5.41, 5.74) is 0.111. The number of benzene rings is 1. The molecule has 0 fully saturated rings. The van der Waals surface area contributed by atoms with E-state index in [4.69, 9.17) is 37.2 Å². The molecule has 0 atom stereocenters. The summed E-state index contributed by atoms with van der Waals surface area (Å²) in [6.07, 6.45) is 0. The van der Waals surface area contributed by atoms with Crippen LogP contribution in [0.3, 0.4) is 0 Å². The lowest BCUT2D eigenvalue weighted by Crippen LogP contribution is -2.04. The van der Waals surface area contributed by atoms with E-state index in [1.807, 2.05) is 0 Å². The molecule has 20 heavy (non-hydrogen) atoms. The molecule has 1 aromatic heterocycles. The summed E-state index contributed by atoms with van der Waals surface area (Å²) in [4.78, 5) is 11.4. The Bertz CT molecular complexity index is 612. The number of rotatable bonds is 5. The van der Waals surface area contributed by atoms with Gasteiger partial charge in [0.1, 0.15) is 12.4 Å². The zero-order valence-electron chi connectivity index (χ0n) is 10.6. The van der Waals surface area contributed by atoms with Gasteiger partial charge in [0.25, 0.3) is 0 Å². The molecule has 5 nitrogen and oxygen atoms in total. The molecule has 0 aliphatic heterocycles. The van der Waals surface area contributed by atoms with Gasteiger partial charge in [-0.25, -0.2) is 4.79 Å². The van der Waals surface area contributed by atoms with Crippen LogP contribution in [0.25, 0.3) is 0 Å². The average Bonchev–Trinajstić information content (AvgIpc) is 2.89. The van der Waals surface area contributed by atoms with Crippen molar-refractivity contribution in [1.29, 1.82) is 0 Å². The van der Waals surface area contributed by atoms with Gasteiger partial charge in [-0.1, -0.05) is 28.4 Å². The molecule has 1 aromatic carbocycles. The minimum absolute atomic E-state index is 0.111. The van der Waals surface area contributed by atoms with E-state index in [2.05, 4.69) is 5.16 Å². The van der Waals surface area contributed by atoms with E-state index in [1.165, 1.54) is 6.07 Å². The fourth-order valence-corrected chi connectivity index (χ4v) is 1.69. The van der Waals surface area contributed by atoms with Crippen molar-refractivity contribution < 1.29 is 18.8 Å². The third-order valence-electron chi connectivity index (χ3n) is 2.32. The van der Waals surface area contributed by atoms with Gasteiger partial charge >= 0.3 is 5.97 Å². The van der Waals surface area contributed by atoms with E-state index >= 15 is 0 Å². The van der Waals surface area contributed by atoms with Crippen molar-refractivity contribution in [2.45, 2.75) is 13.5 Å². The molecule has 2 rings (SSSR count). The predicted octanol–water partition coefficient (Wildman–Crippen LogP) is 3.74. The molecule has 0 bridgehead atoms. The zero-order chi connectivity index (χ0) is 14.5. The molecule has 0 aliphatic carbocycles. The Morgan fingerprint density at radius 3 is 2.80 bits per heavy atom. The molecule has 0 aliphatic rings. The number of nitrogens with zero attached hydrogens (tertiary/aromatic N) is 1. The van der Waals surface area contributed by atoms with E-state index in [0.29, 0.717) is 21.6 Å². The number of carbonyl (C=O) groups is 1. The van der Waals surface area contributed by atoms with Gasteiger partial charge in [-0.05, 0) is 19.1 Å². The predicted molar refractivity (Wildman–Crippen MR) is 73.3 cm³/mol. The van der Waals surface area contributed by atoms with Crippen molar-refractivity contribution in [2.75, 3.05) is 6.61 Å². The quantitative estimate of drug-likeness (QED) is 0.786. The molecular weight excluding hydrogens is 305 g/mol. The number of aromatic nitrogens is 1. The van der Waals surface area contributed by atoms with Gasteiger partial charge in [-0.3, -0.25) is 0 Å². The first kappa shape index (κ1) is 14.7. The highest BCUT2D eigenvalue weighted by molar-refractivity contribution is 6.42. The van der Waals surface area contributed by atoms with Crippen LogP contribution in [0.15, 0.2) is 28.8 Å². The maximum atomic E-state index is 11.4. The Morgan fingerprint density at radius 2 is 2.10 bits per heavy atom. The molecule has 0 unspecified atom stereocenters. The maximum absolute atomic E-state index is 11.4. The Kier molecular flexibility index (Phi) is 4.87. The molecule has 0 saturated heterocycles. The number of hydrogen-bond acceptors (Lipinski definition) is 5. The Labute approximate surface area is 125 Å². The summed E-state index contributed by atoms with van der Waals surface area (Å²) in [6.45, 7) is 2.11. The first-order valence-corrected chi connectivity index (χ1v) is 6.56. The van der Waals surface area contributed by atoms with Crippen molar-refractivity contribution in [3.05, 3.63) is 45.8 Å². The number of hydrogen-bond donors (Lipinski definition) is 0. The van der Waals surface area contributed by atoms with Crippen LogP contribution >= 0.6 is 23.2 Å². The molecule has 0 spiro atoms. The summed E-state index contributed by atoms with van der Waals surface area (Å²) in [5, 5.41) is 4.45. The minimum Gasteiger partial charge on any atom is -0.485 e. The molecule has 0 radical (unpaired) electrons. The lowest BCUT2D eigenvalue weighted by Gasteiger charge is -2.04. The van der Waals surface area contributed by atoms with Gasteiger partial charge in [0, 0.05) is 12.1 Å². The van der Waals surface area contributed by atoms with E-state index in [-0.39, 0.29) is 18.9 Å². The first-order valence-electron chi connectivity index (χ1n) is 5.80. The van der Waals surface area contributed by atoms with Crippen molar-refractivity contribution >= 4 is 29.2 Å². The van der Waals surface area contributed by atoms with Crippen LogP contribution in [0.1, 0.15) is 23.2 Å². The van der Waals surface area contributed by atoms with Crippen LogP contribution < -0.4 is 4.74 Å². The highest BCUT2D eigenvalue weighted by Gasteiger charge is 2.13. The van der Waals surface area contributed by atoms with Gasteiger partial charge in [-0.2, -0.15) is 0 Å². The lowest BCUT2D eigenvalue weighted by atomic mass is 10.3. The molecule has 106 valence electrons.